The van der Waals surface area contributed by atoms with Gasteiger partial charge in [-0.2, -0.15) is 5.26 Å². The smallest absolute Gasteiger partial charge is 0.335 e. The first-order valence-electron chi connectivity index (χ1n) is 7.11. The molecule has 1 aliphatic rings. The fourth-order valence-corrected chi connectivity index (χ4v) is 3.55. The summed E-state index contributed by atoms with van der Waals surface area (Å²) in [5.41, 5.74) is 2.00. The molecule has 3 rings (SSSR count). The van der Waals surface area contributed by atoms with Crippen LogP contribution in [0.1, 0.15) is 21.5 Å². The molecule has 7 heteroatoms. The predicted octanol–water partition coefficient (Wildman–Crippen LogP) is 3.66. The molecule has 1 heterocycles. The van der Waals surface area contributed by atoms with Crippen LogP contribution in [-0.2, 0) is 4.79 Å². The van der Waals surface area contributed by atoms with Crippen LogP contribution in [0.2, 0.25) is 0 Å². The van der Waals surface area contributed by atoms with Gasteiger partial charge < -0.3 is 5.11 Å². The van der Waals surface area contributed by atoms with Crippen LogP contribution in [0.25, 0.3) is 6.08 Å². The minimum Gasteiger partial charge on any atom is -0.478 e. The zero-order chi connectivity index (χ0) is 18.0. The molecule has 1 saturated heterocycles. The summed E-state index contributed by atoms with van der Waals surface area (Å²) in [7, 11) is 0. The highest BCUT2D eigenvalue weighted by Gasteiger charge is 2.33. The number of nitriles is 1. The second-order valence-electron chi connectivity index (χ2n) is 5.10. The molecule has 1 aliphatic heterocycles. The van der Waals surface area contributed by atoms with Crippen molar-refractivity contribution >= 4 is 51.9 Å². The number of anilines is 1. The van der Waals surface area contributed by atoms with E-state index < -0.39 is 5.97 Å². The minimum absolute atomic E-state index is 0.141. The van der Waals surface area contributed by atoms with Gasteiger partial charge in [0.15, 0.2) is 4.32 Å². The van der Waals surface area contributed by atoms with Crippen LogP contribution in [0.3, 0.4) is 0 Å². The number of carboxylic acid groups (broad SMARTS) is 1. The van der Waals surface area contributed by atoms with E-state index in [1.165, 1.54) is 28.8 Å². The summed E-state index contributed by atoms with van der Waals surface area (Å²) >= 11 is 6.46. The molecule has 0 saturated carbocycles. The lowest BCUT2D eigenvalue weighted by Crippen LogP contribution is -2.27. The molecule has 0 atom stereocenters. The maximum absolute atomic E-state index is 12.6. The number of thiocarbonyl (C=S) groups is 1. The number of hydrogen-bond donors (Lipinski definition) is 1. The highest BCUT2D eigenvalue weighted by atomic mass is 32.2. The Balaban J connectivity index is 1.87. The Morgan fingerprint density at radius 1 is 1.16 bits per heavy atom. The van der Waals surface area contributed by atoms with Crippen LogP contribution in [0.5, 0.6) is 0 Å². The fraction of sp³-hybridized carbons (Fsp3) is 0. The van der Waals surface area contributed by atoms with Crippen LogP contribution in [0.4, 0.5) is 5.69 Å². The van der Waals surface area contributed by atoms with Crippen molar-refractivity contribution in [1.82, 2.24) is 0 Å². The number of carbonyl (C=O) groups excluding carboxylic acids is 1. The van der Waals surface area contributed by atoms with Crippen LogP contribution >= 0.6 is 24.0 Å². The highest BCUT2D eigenvalue weighted by Crippen LogP contribution is 2.36. The van der Waals surface area contributed by atoms with Crippen molar-refractivity contribution in [3.63, 3.8) is 0 Å². The maximum Gasteiger partial charge on any atom is 0.335 e. The van der Waals surface area contributed by atoms with E-state index in [2.05, 4.69) is 0 Å². The molecule has 0 bridgehead atoms. The molecule has 1 N–H and O–H groups in total. The van der Waals surface area contributed by atoms with Crippen LogP contribution in [0, 0.1) is 11.3 Å². The van der Waals surface area contributed by atoms with E-state index in [0.29, 0.717) is 20.5 Å². The Hall–Kier alpha value is -2.95. The summed E-state index contributed by atoms with van der Waals surface area (Å²) in [5.74, 6) is -1.29. The monoisotopic (exact) mass is 366 g/mol. The topological polar surface area (TPSA) is 81.4 Å². The lowest BCUT2D eigenvalue weighted by atomic mass is 10.1. The van der Waals surface area contributed by atoms with Gasteiger partial charge in [-0.25, -0.2) is 4.79 Å². The summed E-state index contributed by atoms with van der Waals surface area (Å²) < 4.78 is 0.382. The van der Waals surface area contributed by atoms with Gasteiger partial charge in [0.2, 0.25) is 0 Å². The van der Waals surface area contributed by atoms with E-state index in [1.54, 1.807) is 42.5 Å². The van der Waals surface area contributed by atoms with Crippen molar-refractivity contribution in [1.29, 1.82) is 5.26 Å². The Morgan fingerprint density at radius 3 is 2.36 bits per heavy atom. The first-order chi connectivity index (χ1) is 12.0. The number of carbonyl (C=O) groups is 2. The van der Waals surface area contributed by atoms with Crippen molar-refractivity contribution in [2.75, 3.05) is 4.90 Å². The van der Waals surface area contributed by atoms with E-state index in [9.17, 15) is 9.59 Å². The summed E-state index contributed by atoms with van der Waals surface area (Å²) in [6.45, 7) is 0. The van der Waals surface area contributed by atoms with Gasteiger partial charge in [0.25, 0.3) is 5.91 Å². The summed E-state index contributed by atoms with van der Waals surface area (Å²) in [5, 5.41) is 17.8. The zero-order valence-corrected chi connectivity index (χ0v) is 14.3. The largest absolute Gasteiger partial charge is 0.478 e. The highest BCUT2D eigenvalue weighted by molar-refractivity contribution is 8.27. The Labute approximate surface area is 153 Å². The van der Waals surface area contributed by atoms with Gasteiger partial charge in [0.1, 0.15) is 0 Å². The minimum atomic E-state index is -1.03. The lowest BCUT2D eigenvalue weighted by molar-refractivity contribution is -0.113. The number of benzene rings is 2. The Bertz CT molecular complexity index is 942. The second-order valence-corrected chi connectivity index (χ2v) is 6.78. The molecule has 0 spiro atoms. The normalized spacial score (nSPS) is 15.5. The van der Waals surface area contributed by atoms with Crippen LogP contribution in [-0.4, -0.2) is 21.3 Å². The third kappa shape index (κ3) is 3.45. The first-order valence-corrected chi connectivity index (χ1v) is 8.33. The standard InChI is InChI=1S/C18H10N2O3S2/c19-10-12-3-1-11(2-4-12)9-15-16(21)20(18(24)25-15)14-7-5-13(6-8-14)17(22)23/h1-9H,(H,22,23)/b15-9+. The van der Waals surface area contributed by atoms with Crippen molar-refractivity contribution in [2.24, 2.45) is 0 Å². The number of rotatable bonds is 3. The third-order valence-electron chi connectivity index (χ3n) is 3.50. The molecule has 2 aromatic rings. The molecule has 0 unspecified atom stereocenters. The van der Waals surface area contributed by atoms with Gasteiger partial charge in [0.05, 0.1) is 27.8 Å². The summed E-state index contributed by atoms with van der Waals surface area (Å²) in [6.07, 6.45) is 1.71. The van der Waals surface area contributed by atoms with E-state index in [0.717, 1.165) is 5.56 Å². The van der Waals surface area contributed by atoms with Crippen LogP contribution in [0.15, 0.2) is 53.4 Å². The Kier molecular flexibility index (Phi) is 4.65. The van der Waals surface area contributed by atoms with Crippen LogP contribution < -0.4 is 4.90 Å². The molecule has 1 fully saturated rings. The molecule has 25 heavy (non-hydrogen) atoms. The molecule has 122 valence electrons. The van der Waals surface area contributed by atoms with Crippen molar-refractivity contribution < 1.29 is 14.7 Å². The van der Waals surface area contributed by atoms with E-state index in [4.69, 9.17) is 22.6 Å². The number of nitrogens with zero attached hydrogens (tertiary/aromatic N) is 2. The second kappa shape index (κ2) is 6.89. The molecule has 2 aromatic carbocycles. The molecule has 0 radical (unpaired) electrons. The average molecular weight is 366 g/mol. The van der Waals surface area contributed by atoms with Gasteiger partial charge in [-0.1, -0.05) is 36.1 Å². The first kappa shape index (κ1) is 16.9. The number of hydrogen-bond acceptors (Lipinski definition) is 5. The van der Waals surface area contributed by atoms with Gasteiger partial charge in [-0.15, -0.1) is 0 Å². The van der Waals surface area contributed by atoms with Gasteiger partial charge in [-0.3, -0.25) is 9.69 Å². The Morgan fingerprint density at radius 2 is 1.80 bits per heavy atom. The van der Waals surface area contributed by atoms with Gasteiger partial charge in [0, 0.05) is 0 Å². The third-order valence-corrected chi connectivity index (χ3v) is 4.81. The molecular weight excluding hydrogens is 356 g/mol. The quantitative estimate of drug-likeness (QED) is 0.659. The van der Waals surface area contributed by atoms with E-state index in [1.807, 2.05) is 6.07 Å². The van der Waals surface area contributed by atoms with Crippen molar-refractivity contribution in [2.45, 2.75) is 0 Å². The average Bonchev–Trinajstić information content (AvgIpc) is 2.89. The fourth-order valence-electron chi connectivity index (χ4n) is 2.25. The number of aromatic carboxylic acids is 1. The van der Waals surface area contributed by atoms with E-state index in [-0.39, 0.29) is 11.5 Å². The van der Waals surface area contributed by atoms with Gasteiger partial charge >= 0.3 is 5.97 Å². The molecule has 0 aliphatic carbocycles. The molecular formula is C18H10N2O3S2. The molecule has 0 aromatic heterocycles. The predicted molar refractivity (Wildman–Crippen MR) is 100 cm³/mol. The number of carboxylic acids is 1. The van der Waals surface area contributed by atoms with Crippen molar-refractivity contribution in [3.05, 3.63) is 70.1 Å². The maximum atomic E-state index is 12.6. The van der Waals surface area contributed by atoms with E-state index >= 15 is 0 Å². The number of thioether (sulfide) groups is 1. The summed E-state index contributed by atoms with van der Waals surface area (Å²) in [4.78, 5) is 25.4. The molecule has 5 nitrogen and oxygen atoms in total. The zero-order valence-electron chi connectivity index (χ0n) is 12.7. The van der Waals surface area contributed by atoms with Gasteiger partial charge in [-0.05, 0) is 48.0 Å². The lowest BCUT2D eigenvalue weighted by Gasteiger charge is -2.14. The number of amides is 1. The molecule has 1 amide bonds. The summed E-state index contributed by atoms with van der Waals surface area (Å²) in [6, 6.07) is 14.9. The SMILES string of the molecule is N#Cc1ccc(/C=C2/SC(=S)N(c3ccc(C(=O)O)cc3)C2=O)cc1. The van der Waals surface area contributed by atoms with Crippen molar-refractivity contribution in [3.8, 4) is 6.07 Å².